The first-order valence-corrected chi connectivity index (χ1v) is 8.09. The van der Waals surface area contributed by atoms with E-state index in [0.29, 0.717) is 55.8 Å². The second-order valence-electron chi connectivity index (χ2n) is 5.54. The number of piperazine rings is 1. The molecule has 0 spiro atoms. The summed E-state index contributed by atoms with van der Waals surface area (Å²) in [6.07, 6.45) is 1.52. The van der Waals surface area contributed by atoms with Crippen LogP contribution in [0.5, 0.6) is 0 Å². The van der Waals surface area contributed by atoms with Crippen molar-refractivity contribution in [2.45, 2.75) is 12.8 Å². The van der Waals surface area contributed by atoms with Gasteiger partial charge in [0, 0.05) is 49.6 Å². The predicted molar refractivity (Wildman–Crippen MR) is 87.3 cm³/mol. The first kappa shape index (κ1) is 16.4. The summed E-state index contributed by atoms with van der Waals surface area (Å²) < 4.78 is 5.20. The van der Waals surface area contributed by atoms with Crippen molar-refractivity contribution in [2.75, 3.05) is 26.2 Å². The number of halogens is 1. The van der Waals surface area contributed by atoms with E-state index in [9.17, 15) is 9.59 Å². The van der Waals surface area contributed by atoms with Crippen molar-refractivity contribution in [1.82, 2.24) is 19.9 Å². The van der Waals surface area contributed by atoms with E-state index < -0.39 is 0 Å². The number of amides is 2. The van der Waals surface area contributed by atoms with Crippen LogP contribution < -0.4 is 0 Å². The predicted octanol–water partition coefficient (Wildman–Crippen LogP) is 1.62. The van der Waals surface area contributed by atoms with Crippen molar-refractivity contribution < 1.29 is 14.1 Å². The van der Waals surface area contributed by atoms with E-state index >= 15 is 0 Å². The molecule has 0 radical (unpaired) electrons. The van der Waals surface area contributed by atoms with Gasteiger partial charge in [0.15, 0.2) is 0 Å². The van der Waals surface area contributed by atoms with E-state index in [2.05, 4.69) is 10.1 Å². The molecule has 1 aromatic heterocycles. The summed E-state index contributed by atoms with van der Waals surface area (Å²) in [6.45, 7) is 2.29. The minimum Gasteiger partial charge on any atom is -0.342 e. The van der Waals surface area contributed by atoms with Crippen molar-refractivity contribution in [3.05, 3.63) is 35.2 Å². The lowest BCUT2D eigenvalue weighted by atomic mass is 10.2. The number of benzene rings is 1. The molecule has 2 aromatic rings. The maximum atomic E-state index is 12.2. The fourth-order valence-corrected chi connectivity index (χ4v) is 2.65. The second kappa shape index (κ2) is 7.44. The van der Waals surface area contributed by atoms with Gasteiger partial charge in [0.25, 0.3) is 0 Å². The van der Waals surface area contributed by atoms with Crippen molar-refractivity contribution in [2.24, 2.45) is 0 Å². The van der Waals surface area contributed by atoms with Gasteiger partial charge >= 0.3 is 0 Å². The summed E-state index contributed by atoms with van der Waals surface area (Å²) in [5, 5.41) is 4.57. The Bertz CT molecular complexity index is 708. The largest absolute Gasteiger partial charge is 0.342 e. The number of carbonyl (C=O) groups excluding carboxylic acids is 2. The highest BCUT2D eigenvalue weighted by atomic mass is 35.5. The standard InChI is InChI=1S/C16H17ClN4O3/c17-13-3-1-12(2-4-13)16-18-14(24-19-16)5-6-15(23)21-9-7-20(11-22)8-10-21/h1-4,11H,5-10H2. The zero-order valence-electron chi connectivity index (χ0n) is 13.0. The third kappa shape index (κ3) is 3.91. The van der Waals surface area contributed by atoms with Crippen molar-refractivity contribution in [1.29, 1.82) is 0 Å². The minimum absolute atomic E-state index is 0.0341. The van der Waals surface area contributed by atoms with E-state index in [1.807, 2.05) is 12.1 Å². The highest BCUT2D eigenvalue weighted by molar-refractivity contribution is 6.30. The molecule has 0 bridgehead atoms. The highest BCUT2D eigenvalue weighted by Crippen LogP contribution is 2.19. The maximum Gasteiger partial charge on any atom is 0.227 e. The first-order chi connectivity index (χ1) is 11.7. The van der Waals surface area contributed by atoms with Crippen LogP contribution in [0.15, 0.2) is 28.8 Å². The van der Waals surface area contributed by atoms with Gasteiger partial charge in [-0.3, -0.25) is 9.59 Å². The maximum absolute atomic E-state index is 12.2. The lowest BCUT2D eigenvalue weighted by molar-refractivity contribution is -0.135. The molecular weight excluding hydrogens is 332 g/mol. The molecule has 1 fully saturated rings. The fourth-order valence-electron chi connectivity index (χ4n) is 2.52. The monoisotopic (exact) mass is 348 g/mol. The van der Waals surface area contributed by atoms with Crippen LogP contribution in [-0.4, -0.2) is 58.4 Å². The summed E-state index contributed by atoms with van der Waals surface area (Å²) >= 11 is 5.85. The molecule has 0 atom stereocenters. The first-order valence-electron chi connectivity index (χ1n) is 7.71. The van der Waals surface area contributed by atoms with Crippen molar-refractivity contribution in [3.8, 4) is 11.4 Å². The Balaban J connectivity index is 1.53. The number of hydrogen-bond donors (Lipinski definition) is 0. The van der Waals surface area contributed by atoms with Crippen LogP contribution in [-0.2, 0) is 16.0 Å². The zero-order valence-corrected chi connectivity index (χ0v) is 13.8. The van der Waals surface area contributed by atoms with Gasteiger partial charge in [0.1, 0.15) is 0 Å². The molecule has 1 aliphatic rings. The van der Waals surface area contributed by atoms with Gasteiger partial charge in [-0.2, -0.15) is 4.98 Å². The van der Waals surface area contributed by atoms with E-state index in [4.69, 9.17) is 16.1 Å². The summed E-state index contributed by atoms with van der Waals surface area (Å²) in [6, 6.07) is 7.15. The molecule has 1 aliphatic heterocycles. The van der Waals surface area contributed by atoms with Crippen LogP contribution in [0.1, 0.15) is 12.3 Å². The molecule has 8 heteroatoms. The van der Waals surface area contributed by atoms with Gasteiger partial charge in [0.2, 0.25) is 24.0 Å². The lowest BCUT2D eigenvalue weighted by Gasteiger charge is -2.32. The normalized spacial score (nSPS) is 14.7. The second-order valence-corrected chi connectivity index (χ2v) is 5.98. The summed E-state index contributed by atoms with van der Waals surface area (Å²) in [5.41, 5.74) is 0.811. The van der Waals surface area contributed by atoms with Gasteiger partial charge in [-0.1, -0.05) is 16.8 Å². The quantitative estimate of drug-likeness (QED) is 0.767. The number of hydrogen-bond acceptors (Lipinski definition) is 5. The van der Waals surface area contributed by atoms with Gasteiger partial charge < -0.3 is 14.3 Å². The number of aromatic nitrogens is 2. The Morgan fingerprint density at radius 3 is 2.58 bits per heavy atom. The molecule has 2 amide bonds. The zero-order chi connectivity index (χ0) is 16.9. The minimum atomic E-state index is 0.0341. The average molecular weight is 349 g/mol. The smallest absolute Gasteiger partial charge is 0.227 e. The van der Waals surface area contributed by atoms with Crippen molar-refractivity contribution >= 4 is 23.9 Å². The average Bonchev–Trinajstić information content (AvgIpc) is 3.09. The Morgan fingerprint density at radius 1 is 1.21 bits per heavy atom. The molecule has 0 aliphatic carbocycles. The molecule has 0 unspecified atom stereocenters. The van der Waals surface area contributed by atoms with Crippen LogP contribution in [0.2, 0.25) is 5.02 Å². The molecule has 0 N–H and O–H groups in total. The third-order valence-electron chi connectivity index (χ3n) is 3.94. The molecule has 3 rings (SSSR count). The molecule has 1 aromatic carbocycles. The fraction of sp³-hybridized carbons (Fsp3) is 0.375. The Hall–Kier alpha value is -2.41. The van der Waals surface area contributed by atoms with Gasteiger partial charge in [0.05, 0.1) is 0 Å². The van der Waals surface area contributed by atoms with E-state index in [-0.39, 0.29) is 5.91 Å². The Kier molecular flexibility index (Phi) is 5.10. The Labute approximate surface area is 144 Å². The summed E-state index contributed by atoms with van der Waals surface area (Å²) in [4.78, 5) is 30.6. The number of nitrogens with zero attached hydrogens (tertiary/aromatic N) is 4. The van der Waals surface area contributed by atoms with Crippen LogP contribution in [0.3, 0.4) is 0 Å². The van der Waals surface area contributed by atoms with Gasteiger partial charge in [-0.05, 0) is 24.3 Å². The third-order valence-corrected chi connectivity index (χ3v) is 4.19. The van der Waals surface area contributed by atoms with E-state index in [1.54, 1.807) is 21.9 Å². The molecule has 126 valence electrons. The molecule has 2 heterocycles. The SMILES string of the molecule is O=CN1CCN(C(=O)CCc2nc(-c3ccc(Cl)cc3)no2)CC1. The molecule has 7 nitrogen and oxygen atoms in total. The van der Waals surface area contributed by atoms with Crippen LogP contribution >= 0.6 is 11.6 Å². The molecular formula is C16H17ClN4O3. The summed E-state index contributed by atoms with van der Waals surface area (Å²) in [5.74, 6) is 0.945. The summed E-state index contributed by atoms with van der Waals surface area (Å²) in [7, 11) is 0. The number of aryl methyl sites for hydroxylation is 1. The van der Waals surface area contributed by atoms with Crippen LogP contribution in [0.25, 0.3) is 11.4 Å². The highest BCUT2D eigenvalue weighted by Gasteiger charge is 2.20. The van der Waals surface area contributed by atoms with E-state index in [0.717, 1.165) is 12.0 Å². The molecule has 0 saturated carbocycles. The van der Waals surface area contributed by atoms with Crippen LogP contribution in [0.4, 0.5) is 0 Å². The van der Waals surface area contributed by atoms with Gasteiger partial charge in [-0.25, -0.2) is 0 Å². The number of carbonyl (C=O) groups is 2. The van der Waals surface area contributed by atoms with Crippen LogP contribution in [0, 0.1) is 0 Å². The topological polar surface area (TPSA) is 79.5 Å². The lowest BCUT2D eigenvalue weighted by Crippen LogP contribution is -2.48. The molecule has 24 heavy (non-hydrogen) atoms. The number of rotatable bonds is 5. The van der Waals surface area contributed by atoms with Gasteiger partial charge in [-0.15, -0.1) is 0 Å². The molecule has 1 saturated heterocycles. The Morgan fingerprint density at radius 2 is 1.92 bits per heavy atom. The van der Waals surface area contributed by atoms with Crippen molar-refractivity contribution in [3.63, 3.8) is 0 Å². The van der Waals surface area contributed by atoms with E-state index in [1.165, 1.54) is 0 Å².